The number of fused-ring (bicyclic) bond motifs is 1. The Morgan fingerprint density at radius 3 is 2.61 bits per heavy atom. The van der Waals surface area contributed by atoms with E-state index in [1.807, 2.05) is 13.8 Å². The van der Waals surface area contributed by atoms with Crippen LogP contribution in [0.2, 0.25) is 0 Å². The van der Waals surface area contributed by atoms with Gasteiger partial charge in [-0.15, -0.1) is 0 Å². The van der Waals surface area contributed by atoms with Gasteiger partial charge >= 0.3 is 0 Å². The van der Waals surface area contributed by atoms with Gasteiger partial charge in [0.15, 0.2) is 0 Å². The van der Waals surface area contributed by atoms with Crippen LogP contribution in [0.1, 0.15) is 23.1 Å². The fraction of sp³-hybridized carbons (Fsp3) is 0.214. The van der Waals surface area contributed by atoms with Crippen molar-refractivity contribution in [2.24, 2.45) is 5.10 Å². The van der Waals surface area contributed by atoms with Gasteiger partial charge in [-0.2, -0.15) is 23.4 Å². The van der Waals surface area contributed by atoms with Crippen LogP contribution in [0, 0.1) is 13.8 Å². The highest BCUT2D eigenvalue weighted by molar-refractivity contribution is 7.89. The maximum Gasteiger partial charge on any atom is 0.276 e. The van der Waals surface area contributed by atoms with Gasteiger partial charge in [0.1, 0.15) is 6.33 Å². The molecule has 1 aromatic carbocycles. The predicted octanol–water partition coefficient (Wildman–Crippen LogP) is 2.11. The summed E-state index contributed by atoms with van der Waals surface area (Å²) in [6, 6.07) is 6.60. The van der Waals surface area contributed by atoms with E-state index >= 15 is 0 Å². The van der Waals surface area contributed by atoms with Gasteiger partial charge < -0.3 is 0 Å². The molecule has 0 saturated carbocycles. The van der Waals surface area contributed by atoms with Crippen LogP contribution in [-0.2, 0) is 10.0 Å². The van der Waals surface area contributed by atoms with E-state index in [9.17, 15) is 8.42 Å². The van der Waals surface area contributed by atoms with E-state index in [0.29, 0.717) is 5.71 Å². The monoisotopic (exact) mass is 349 g/mol. The van der Waals surface area contributed by atoms with Crippen LogP contribution in [0.25, 0.3) is 4.96 Å². The summed E-state index contributed by atoms with van der Waals surface area (Å²) in [6.07, 6.45) is 1.48. The Balaban J connectivity index is 1.87. The van der Waals surface area contributed by atoms with Crippen LogP contribution in [0.15, 0.2) is 40.6 Å². The number of hydrazone groups is 1. The van der Waals surface area contributed by atoms with Crippen molar-refractivity contribution in [1.29, 1.82) is 0 Å². The molecule has 7 nitrogen and oxygen atoms in total. The number of hydrogen-bond donors (Lipinski definition) is 1. The standard InChI is InChI=1S/C14H15N5O2S2/c1-9-4-6-12(7-5-9)23(20,21)18-17-10(2)13-11(3)19-14(22-13)15-8-16-19/h4-8,18H,1-3H3. The lowest BCUT2D eigenvalue weighted by molar-refractivity contribution is 0.584. The summed E-state index contributed by atoms with van der Waals surface area (Å²) in [4.78, 5) is 8.16. The second-order valence-electron chi connectivity index (χ2n) is 5.08. The summed E-state index contributed by atoms with van der Waals surface area (Å²) in [7, 11) is -3.68. The normalized spacial score (nSPS) is 12.7. The van der Waals surface area contributed by atoms with Crippen molar-refractivity contribution in [2.75, 3.05) is 0 Å². The third-order valence-electron chi connectivity index (χ3n) is 3.35. The molecule has 0 aliphatic heterocycles. The predicted molar refractivity (Wildman–Crippen MR) is 89.3 cm³/mol. The first-order valence-electron chi connectivity index (χ1n) is 6.81. The smallest absolute Gasteiger partial charge is 0.208 e. The molecule has 3 aromatic rings. The van der Waals surface area contributed by atoms with Crippen LogP contribution >= 0.6 is 11.3 Å². The van der Waals surface area contributed by atoms with E-state index in [-0.39, 0.29) is 4.90 Å². The quantitative estimate of drug-likeness (QED) is 0.577. The zero-order chi connectivity index (χ0) is 16.6. The Labute approximate surface area is 137 Å². The van der Waals surface area contributed by atoms with Crippen molar-refractivity contribution < 1.29 is 8.42 Å². The number of rotatable bonds is 4. The molecule has 0 radical (unpaired) electrons. The van der Waals surface area contributed by atoms with Gasteiger partial charge in [-0.25, -0.2) is 9.50 Å². The Morgan fingerprint density at radius 2 is 1.96 bits per heavy atom. The summed E-state index contributed by atoms with van der Waals surface area (Å²) in [5.41, 5.74) is 2.43. The molecule has 23 heavy (non-hydrogen) atoms. The van der Waals surface area contributed by atoms with Gasteiger partial charge in [0, 0.05) is 0 Å². The summed E-state index contributed by atoms with van der Waals surface area (Å²) in [6.45, 7) is 5.53. The topological polar surface area (TPSA) is 88.7 Å². The molecule has 2 heterocycles. The molecule has 0 spiro atoms. The first-order valence-corrected chi connectivity index (χ1v) is 9.11. The van der Waals surface area contributed by atoms with Gasteiger partial charge in [0.05, 0.1) is 21.2 Å². The highest BCUT2D eigenvalue weighted by Gasteiger charge is 2.15. The molecular formula is C14H15N5O2S2. The van der Waals surface area contributed by atoms with Crippen LogP contribution in [-0.4, -0.2) is 28.7 Å². The minimum Gasteiger partial charge on any atom is -0.208 e. The molecule has 0 fully saturated rings. The first-order chi connectivity index (χ1) is 10.9. The summed E-state index contributed by atoms with van der Waals surface area (Å²) in [5, 5.41) is 8.13. The lowest BCUT2D eigenvalue weighted by Gasteiger charge is -2.05. The molecule has 3 rings (SSSR count). The van der Waals surface area contributed by atoms with E-state index < -0.39 is 10.0 Å². The molecule has 0 amide bonds. The maximum absolute atomic E-state index is 12.2. The molecule has 0 bridgehead atoms. The van der Waals surface area contributed by atoms with E-state index in [4.69, 9.17) is 0 Å². The van der Waals surface area contributed by atoms with E-state index in [1.54, 1.807) is 35.7 Å². The van der Waals surface area contributed by atoms with Crippen LogP contribution in [0.5, 0.6) is 0 Å². The number of nitrogens with one attached hydrogen (secondary N) is 1. The van der Waals surface area contributed by atoms with Gasteiger partial charge in [-0.3, -0.25) is 0 Å². The Morgan fingerprint density at radius 1 is 1.26 bits per heavy atom. The largest absolute Gasteiger partial charge is 0.276 e. The number of thiazole rings is 1. The highest BCUT2D eigenvalue weighted by Crippen LogP contribution is 2.21. The second kappa shape index (κ2) is 5.74. The number of sulfonamides is 1. The zero-order valence-electron chi connectivity index (χ0n) is 12.8. The average Bonchev–Trinajstić information content (AvgIpc) is 3.09. The van der Waals surface area contributed by atoms with E-state index in [1.165, 1.54) is 17.7 Å². The highest BCUT2D eigenvalue weighted by atomic mass is 32.2. The van der Waals surface area contributed by atoms with Crippen LogP contribution in [0.4, 0.5) is 0 Å². The Bertz CT molecular complexity index is 984. The van der Waals surface area contributed by atoms with Gasteiger partial charge in [0.25, 0.3) is 10.0 Å². The summed E-state index contributed by atoms with van der Waals surface area (Å²) < 4.78 is 26.2. The lowest BCUT2D eigenvalue weighted by atomic mass is 10.2. The third-order valence-corrected chi connectivity index (χ3v) is 5.83. The minimum absolute atomic E-state index is 0.180. The molecule has 0 atom stereocenters. The molecule has 0 unspecified atom stereocenters. The van der Waals surface area contributed by atoms with Crippen molar-refractivity contribution in [3.63, 3.8) is 0 Å². The number of hydrogen-bond acceptors (Lipinski definition) is 6. The molecule has 2 aromatic heterocycles. The fourth-order valence-electron chi connectivity index (χ4n) is 2.08. The van der Waals surface area contributed by atoms with Crippen LogP contribution < -0.4 is 4.83 Å². The van der Waals surface area contributed by atoms with Crippen LogP contribution in [0.3, 0.4) is 0 Å². The molecule has 0 saturated heterocycles. The van der Waals surface area contributed by atoms with Gasteiger partial charge in [-0.05, 0) is 32.9 Å². The SMILES string of the molecule is CC(=NNS(=O)(=O)c1ccc(C)cc1)c1sc2ncnn2c1C. The number of benzene rings is 1. The lowest BCUT2D eigenvalue weighted by Crippen LogP contribution is -2.20. The number of aromatic nitrogens is 3. The average molecular weight is 349 g/mol. The van der Waals surface area contributed by atoms with Crippen molar-refractivity contribution in [2.45, 2.75) is 25.7 Å². The molecule has 0 aliphatic rings. The Hall–Kier alpha value is -2.26. The molecule has 1 N–H and O–H groups in total. The van der Waals surface area contributed by atoms with E-state index in [2.05, 4.69) is 20.0 Å². The van der Waals surface area contributed by atoms with E-state index in [0.717, 1.165) is 21.1 Å². The van der Waals surface area contributed by atoms with Crippen molar-refractivity contribution in [1.82, 2.24) is 19.4 Å². The first kappa shape index (κ1) is 15.6. The van der Waals surface area contributed by atoms with Gasteiger partial charge in [0.2, 0.25) is 4.96 Å². The summed E-state index contributed by atoms with van der Waals surface area (Å²) in [5.74, 6) is 0. The summed E-state index contributed by atoms with van der Waals surface area (Å²) >= 11 is 1.41. The fourth-order valence-corrected chi connectivity index (χ4v) is 3.91. The van der Waals surface area contributed by atoms with Crippen molar-refractivity contribution in [3.05, 3.63) is 46.7 Å². The molecule has 120 valence electrons. The van der Waals surface area contributed by atoms with Crippen molar-refractivity contribution in [3.8, 4) is 0 Å². The maximum atomic E-state index is 12.2. The third kappa shape index (κ3) is 2.97. The number of aryl methyl sites for hydroxylation is 2. The number of nitrogens with zero attached hydrogens (tertiary/aromatic N) is 4. The molecular weight excluding hydrogens is 334 g/mol. The van der Waals surface area contributed by atoms with Gasteiger partial charge in [-0.1, -0.05) is 29.0 Å². The minimum atomic E-state index is -3.68. The van der Waals surface area contributed by atoms with Crippen molar-refractivity contribution >= 4 is 32.0 Å². The molecule has 9 heteroatoms. The Kier molecular flexibility index (Phi) is 3.90. The second-order valence-corrected chi connectivity index (χ2v) is 7.71. The zero-order valence-corrected chi connectivity index (χ0v) is 14.4. The molecule has 0 aliphatic carbocycles.